The third-order valence-corrected chi connectivity index (χ3v) is 2.90. The lowest BCUT2D eigenvalue weighted by molar-refractivity contribution is 0.703. The zero-order valence-corrected chi connectivity index (χ0v) is 9.67. The summed E-state index contributed by atoms with van der Waals surface area (Å²) >= 11 is 6.07. The third kappa shape index (κ3) is 1.87. The van der Waals surface area contributed by atoms with Gasteiger partial charge in [0.1, 0.15) is 0 Å². The van der Waals surface area contributed by atoms with Gasteiger partial charge in [0.2, 0.25) is 0 Å². The first kappa shape index (κ1) is 10.2. The zero-order valence-electron chi connectivity index (χ0n) is 8.92. The van der Waals surface area contributed by atoms with Gasteiger partial charge in [0.25, 0.3) is 0 Å². The minimum atomic E-state index is 0.666. The second-order valence-electron chi connectivity index (χ2n) is 3.69. The molecule has 0 spiro atoms. The van der Waals surface area contributed by atoms with Crippen LogP contribution >= 0.6 is 11.6 Å². The van der Waals surface area contributed by atoms with Crippen molar-refractivity contribution in [2.45, 2.75) is 6.54 Å². The van der Waals surface area contributed by atoms with Gasteiger partial charge in [-0.3, -0.25) is 4.98 Å². The van der Waals surface area contributed by atoms with Crippen LogP contribution in [0.4, 0.5) is 0 Å². The Morgan fingerprint density at radius 3 is 2.76 bits per heavy atom. The van der Waals surface area contributed by atoms with Gasteiger partial charge in [-0.15, -0.1) is 0 Å². The molecule has 0 aliphatic rings. The number of aromatic nitrogens is 4. The molecule has 0 aliphatic heterocycles. The third-order valence-electron chi connectivity index (χ3n) is 2.57. The van der Waals surface area contributed by atoms with Crippen LogP contribution in [0.25, 0.3) is 11.0 Å². The minimum Gasteiger partial charge on any atom is -0.265 e. The van der Waals surface area contributed by atoms with Gasteiger partial charge in [-0.1, -0.05) is 11.6 Å². The fraction of sp³-hybridized carbons (Fsp3) is 0.0833. The van der Waals surface area contributed by atoms with Crippen molar-refractivity contribution in [3.8, 4) is 0 Å². The molecule has 5 heteroatoms. The molecule has 0 unspecified atom stereocenters. The molecule has 0 aliphatic carbocycles. The number of rotatable bonds is 2. The van der Waals surface area contributed by atoms with Crippen LogP contribution in [0, 0.1) is 0 Å². The van der Waals surface area contributed by atoms with E-state index in [0.29, 0.717) is 11.6 Å². The predicted molar refractivity (Wildman–Crippen MR) is 65.9 cm³/mol. The molecular weight excluding hydrogens is 236 g/mol. The molecule has 17 heavy (non-hydrogen) atoms. The summed E-state index contributed by atoms with van der Waals surface area (Å²) < 4.78 is 1.83. The molecule has 84 valence electrons. The molecule has 0 N–H and O–H groups in total. The maximum atomic E-state index is 6.07. The average Bonchev–Trinajstić information content (AvgIpc) is 2.76. The van der Waals surface area contributed by atoms with E-state index in [1.807, 2.05) is 16.8 Å². The Morgan fingerprint density at radius 1 is 1.12 bits per heavy atom. The van der Waals surface area contributed by atoms with Gasteiger partial charge in [-0.2, -0.15) is 5.10 Å². The summed E-state index contributed by atoms with van der Waals surface area (Å²) in [7, 11) is 0. The van der Waals surface area contributed by atoms with Crippen molar-refractivity contribution < 1.29 is 0 Å². The number of pyridine rings is 2. The lowest BCUT2D eigenvalue weighted by Crippen LogP contribution is -2.02. The molecule has 3 heterocycles. The first-order valence-electron chi connectivity index (χ1n) is 5.19. The zero-order chi connectivity index (χ0) is 11.7. The second kappa shape index (κ2) is 4.14. The average molecular weight is 245 g/mol. The maximum Gasteiger partial charge on any atom is 0.159 e. The van der Waals surface area contributed by atoms with E-state index >= 15 is 0 Å². The van der Waals surface area contributed by atoms with Crippen molar-refractivity contribution in [1.29, 1.82) is 0 Å². The summed E-state index contributed by atoms with van der Waals surface area (Å²) in [5.74, 6) is 0. The molecule has 3 rings (SSSR count). The van der Waals surface area contributed by atoms with Gasteiger partial charge >= 0.3 is 0 Å². The van der Waals surface area contributed by atoms with Gasteiger partial charge in [0.15, 0.2) is 5.65 Å². The topological polar surface area (TPSA) is 43.6 Å². The van der Waals surface area contributed by atoms with Crippen LogP contribution in [0.5, 0.6) is 0 Å². The second-order valence-corrected chi connectivity index (χ2v) is 4.09. The monoisotopic (exact) mass is 244 g/mol. The number of hydrogen-bond donors (Lipinski definition) is 0. The summed E-state index contributed by atoms with van der Waals surface area (Å²) in [5, 5.41) is 5.86. The van der Waals surface area contributed by atoms with Crippen molar-refractivity contribution in [1.82, 2.24) is 19.7 Å². The summed E-state index contributed by atoms with van der Waals surface area (Å²) in [4.78, 5) is 8.28. The van der Waals surface area contributed by atoms with E-state index in [1.54, 1.807) is 30.9 Å². The molecule has 3 aromatic rings. The standard InChI is InChI=1S/C12H9ClN4/c13-11-3-6-15-12-10(11)7-16-17(12)8-9-1-4-14-5-2-9/h1-7H,8H2. The molecule has 3 aromatic heterocycles. The first-order chi connectivity index (χ1) is 8.34. The van der Waals surface area contributed by atoms with E-state index in [-0.39, 0.29) is 0 Å². The highest BCUT2D eigenvalue weighted by Gasteiger charge is 2.06. The number of halogens is 1. The van der Waals surface area contributed by atoms with E-state index in [0.717, 1.165) is 16.6 Å². The molecule has 4 nitrogen and oxygen atoms in total. The van der Waals surface area contributed by atoms with Gasteiger partial charge in [0.05, 0.1) is 23.2 Å². The van der Waals surface area contributed by atoms with Crippen LogP contribution in [-0.2, 0) is 6.54 Å². The molecule has 0 fully saturated rings. The molecule has 0 aromatic carbocycles. The molecule has 0 bridgehead atoms. The normalized spacial score (nSPS) is 10.9. The van der Waals surface area contributed by atoms with E-state index in [2.05, 4.69) is 15.1 Å². The Morgan fingerprint density at radius 2 is 1.94 bits per heavy atom. The van der Waals surface area contributed by atoms with Gasteiger partial charge in [-0.05, 0) is 23.8 Å². The van der Waals surface area contributed by atoms with Crippen LogP contribution in [0.15, 0.2) is 43.0 Å². The highest BCUT2D eigenvalue weighted by atomic mass is 35.5. The van der Waals surface area contributed by atoms with Crippen LogP contribution in [0.3, 0.4) is 0 Å². The predicted octanol–water partition coefficient (Wildman–Crippen LogP) is 2.53. The van der Waals surface area contributed by atoms with Crippen molar-refractivity contribution >= 4 is 22.6 Å². The van der Waals surface area contributed by atoms with Crippen molar-refractivity contribution in [3.05, 3.63) is 53.6 Å². The fourth-order valence-corrected chi connectivity index (χ4v) is 1.91. The van der Waals surface area contributed by atoms with Crippen molar-refractivity contribution in [3.63, 3.8) is 0 Å². The molecular formula is C12H9ClN4. The lowest BCUT2D eigenvalue weighted by Gasteiger charge is -2.02. The van der Waals surface area contributed by atoms with Crippen LogP contribution < -0.4 is 0 Å². The number of fused-ring (bicyclic) bond motifs is 1. The van der Waals surface area contributed by atoms with Crippen LogP contribution in [0.2, 0.25) is 5.02 Å². The Bertz CT molecular complexity index is 648. The summed E-state index contributed by atoms with van der Waals surface area (Å²) in [5.41, 5.74) is 1.93. The van der Waals surface area contributed by atoms with Gasteiger partial charge in [0, 0.05) is 18.6 Å². The smallest absolute Gasteiger partial charge is 0.159 e. The van der Waals surface area contributed by atoms with Crippen LogP contribution in [0.1, 0.15) is 5.56 Å². The van der Waals surface area contributed by atoms with E-state index in [1.165, 1.54) is 0 Å². The molecule has 0 atom stereocenters. The summed E-state index contributed by atoms with van der Waals surface area (Å²) in [6, 6.07) is 5.68. The number of nitrogens with zero attached hydrogens (tertiary/aromatic N) is 4. The van der Waals surface area contributed by atoms with Crippen molar-refractivity contribution in [2.75, 3.05) is 0 Å². The van der Waals surface area contributed by atoms with Crippen molar-refractivity contribution in [2.24, 2.45) is 0 Å². The highest BCUT2D eigenvalue weighted by molar-refractivity contribution is 6.35. The Labute approximate surface area is 103 Å². The fourth-order valence-electron chi connectivity index (χ4n) is 1.72. The van der Waals surface area contributed by atoms with Gasteiger partial charge < -0.3 is 0 Å². The molecule has 0 saturated carbocycles. The Kier molecular flexibility index (Phi) is 2.49. The SMILES string of the molecule is Clc1ccnc2c1cnn2Cc1ccncc1. The Balaban J connectivity index is 2.05. The van der Waals surface area contributed by atoms with E-state index in [4.69, 9.17) is 11.6 Å². The van der Waals surface area contributed by atoms with Gasteiger partial charge in [-0.25, -0.2) is 9.67 Å². The summed E-state index contributed by atoms with van der Waals surface area (Å²) in [6.07, 6.45) is 6.96. The summed E-state index contributed by atoms with van der Waals surface area (Å²) in [6.45, 7) is 0.666. The number of hydrogen-bond acceptors (Lipinski definition) is 3. The van der Waals surface area contributed by atoms with Crippen LogP contribution in [-0.4, -0.2) is 19.7 Å². The quantitative estimate of drug-likeness (QED) is 0.696. The molecule has 0 radical (unpaired) electrons. The highest BCUT2D eigenvalue weighted by Crippen LogP contribution is 2.21. The largest absolute Gasteiger partial charge is 0.265 e. The molecule has 0 saturated heterocycles. The molecule has 0 amide bonds. The lowest BCUT2D eigenvalue weighted by atomic mass is 10.3. The van der Waals surface area contributed by atoms with E-state index < -0.39 is 0 Å². The minimum absolute atomic E-state index is 0.666. The first-order valence-corrected chi connectivity index (χ1v) is 5.57. The van der Waals surface area contributed by atoms with E-state index in [9.17, 15) is 0 Å². The Hall–Kier alpha value is -1.94. The maximum absolute atomic E-state index is 6.07.